The predicted octanol–water partition coefficient (Wildman–Crippen LogP) is 2.85. The van der Waals surface area contributed by atoms with Gasteiger partial charge in [0, 0.05) is 12.7 Å². The summed E-state index contributed by atoms with van der Waals surface area (Å²) in [4.78, 5) is 21.9. The molecule has 2 aromatic heterocycles. The molecule has 2 aromatic carbocycles. The average molecular weight is 460 g/mol. The maximum absolute atomic E-state index is 13.0. The minimum atomic E-state index is -3.27. The van der Waals surface area contributed by atoms with E-state index >= 15 is 0 Å². The lowest BCUT2D eigenvalue weighted by Gasteiger charge is -2.07. The van der Waals surface area contributed by atoms with Gasteiger partial charge in [-0.2, -0.15) is 0 Å². The first-order valence-corrected chi connectivity index (χ1v) is 12.0. The number of benzene rings is 2. The van der Waals surface area contributed by atoms with Gasteiger partial charge in [-0.1, -0.05) is 30.2 Å². The van der Waals surface area contributed by atoms with E-state index in [1.54, 1.807) is 31.5 Å². The highest BCUT2D eigenvalue weighted by atomic mass is 32.2. The zero-order valence-electron chi connectivity index (χ0n) is 18.1. The van der Waals surface area contributed by atoms with Crippen LogP contribution in [-0.4, -0.2) is 36.3 Å². The van der Waals surface area contributed by atoms with E-state index in [9.17, 15) is 13.2 Å². The molecule has 2 heterocycles. The molecule has 33 heavy (non-hydrogen) atoms. The number of methoxy groups -OCH3 is 1. The Kier molecular flexibility index (Phi) is 6.24. The molecule has 0 aliphatic carbocycles. The van der Waals surface area contributed by atoms with E-state index in [1.807, 2.05) is 24.3 Å². The quantitative estimate of drug-likeness (QED) is 0.426. The molecule has 0 saturated carbocycles. The summed E-state index contributed by atoms with van der Waals surface area (Å²) in [7, 11) is -1.65. The summed E-state index contributed by atoms with van der Waals surface area (Å²) < 4.78 is 29.9. The Morgan fingerprint density at radius 3 is 2.36 bits per heavy atom. The van der Waals surface area contributed by atoms with Crippen LogP contribution in [0.1, 0.15) is 16.8 Å². The van der Waals surface area contributed by atoms with Gasteiger partial charge in [-0.3, -0.25) is 9.36 Å². The minimum Gasteiger partial charge on any atom is -0.497 e. The number of aromatic nitrogens is 3. The summed E-state index contributed by atoms with van der Waals surface area (Å²) in [5.41, 5.74) is 2.61. The fourth-order valence-corrected chi connectivity index (χ4v) is 3.89. The third-order valence-corrected chi connectivity index (χ3v) is 6.21. The number of fused-ring (bicyclic) bond motifs is 1. The first-order valence-electron chi connectivity index (χ1n) is 10.1. The molecule has 0 amide bonds. The number of hydrogen-bond donors (Lipinski definition) is 0. The van der Waals surface area contributed by atoms with E-state index in [0.29, 0.717) is 23.0 Å². The van der Waals surface area contributed by atoms with Crippen molar-refractivity contribution in [2.45, 2.75) is 17.9 Å². The van der Waals surface area contributed by atoms with Crippen LogP contribution in [0.2, 0.25) is 0 Å². The third-order valence-electron chi connectivity index (χ3n) is 5.08. The summed E-state index contributed by atoms with van der Waals surface area (Å²) in [6, 6.07) is 15.8. The lowest BCUT2D eigenvalue weighted by molar-refractivity contribution is 0.414. The lowest BCUT2D eigenvalue weighted by atomic mass is 10.1. The summed E-state index contributed by atoms with van der Waals surface area (Å²) in [5, 5.41) is 0.425. The van der Waals surface area contributed by atoms with Gasteiger partial charge in [0.25, 0.3) is 5.56 Å². The van der Waals surface area contributed by atoms with Crippen LogP contribution in [0.15, 0.2) is 76.8 Å². The van der Waals surface area contributed by atoms with E-state index in [2.05, 4.69) is 21.8 Å². The van der Waals surface area contributed by atoms with Crippen molar-refractivity contribution >= 4 is 20.7 Å². The number of rotatable bonds is 5. The van der Waals surface area contributed by atoms with Gasteiger partial charge in [-0.15, -0.1) is 0 Å². The Balaban J connectivity index is 1.56. The molecule has 0 aliphatic rings. The molecule has 0 spiro atoms. The second-order valence-corrected chi connectivity index (χ2v) is 9.52. The van der Waals surface area contributed by atoms with Crippen molar-refractivity contribution < 1.29 is 13.2 Å². The summed E-state index contributed by atoms with van der Waals surface area (Å²) in [5.74, 6) is 6.88. The van der Waals surface area contributed by atoms with Crippen LogP contribution in [0.5, 0.6) is 5.75 Å². The maximum Gasteiger partial charge on any atom is 0.261 e. The van der Waals surface area contributed by atoms with Crippen molar-refractivity contribution in [2.75, 3.05) is 13.4 Å². The van der Waals surface area contributed by atoms with Gasteiger partial charge in [0.05, 0.1) is 42.0 Å². The van der Waals surface area contributed by atoms with Crippen molar-refractivity contribution in [1.29, 1.82) is 0 Å². The number of sulfone groups is 1. The molecular weight excluding hydrogens is 438 g/mol. The Bertz CT molecular complexity index is 1530. The average Bonchev–Trinajstić information content (AvgIpc) is 2.81. The molecular formula is C25H21N3O4S. The Morgan fingerprint density at radius 2 is 1.70 bits per heavy atom. The highest BCUT2D eigenvalue weighted by Gasteiger charge is 2.09. The molecule has 0 N–H and O–H groups in total. The molecule has 0 fully saturated rings. The van der Waals surface area contributed by atoms with Crippen LogP contribution >= 0.6 is 0 Å². The first kappa shape index (κ1) is 22.2. The molecule has 0 bridgehead atoms. The number of pyridine rings is 1. The van der Waals surface area contributed by atoms with Crippen LogP contribution in [-0.2, 0) is 22.8 Å². The molecule has 0 aliphatic heterocycles. The van der Waals surface area contributed by atoms with Crippen LogP contribution < -0.4 is 10.3 Å². The Labute approximate surface area is 191 Å². The van der Waals surface area contributed by atoms with Crippen molar-refractivity contribution in [3.05, 3.63) is 94.3 Å². The van der Waals surface area contributed by atoms with Crippen molar-refractivity contribution in [3.8, 4) is 17.6 Å². The zero-order chi connectivity index (χ0) is 23.4. The van der Waals surface area contributed by atoms with E-state index in [1.165, 1.54) is 23.0 Å². The fourth-order valence-electron chi connectivity index (χ4n) is 3.26. The smallest absolute Gasteiger partial charge is 0.261 e. The molecule has 8 heteroatoms. The molecule has 4 aromatic rings. The topological polar surface area (TPSA) is 91.2 Å². The van der Waals surface area contributed by atoms with Gasteiger partial charge in [0.2, 0.25) is 0 Å². The van der Waals surface area contributed by atoms with Gasteiger partial charge >= 0.3 is 0 Å². The molecule has 0 saturated heterocycles. The lowest BCUT2D eigenvalue weighted by Crippen LogP contribution is -2.21. The summed E-state index contributed by atoms with van der Waals surface area (Å²) in [6.45, 7) is 0.270. The molecule has 0 unspecified atom stereocenters. The Hall–Kier alpha value is -3.96. The van der Waals surface area contributed by atoms with Crippen LogP contribution in [0.3, 0.4) is 0 Å². The van der Waals surface area contributed by atoms with Gasteiger partial charge in [0.15, 0.2) is 9.84 Å². The predicted molar refractivity (Wildman–Crippen MR) is 126 cm³/mol. The highest BCUT2D eigenvalue weighted by Crippen LogP contribution is 2.13. The van der Waals surface area contributed by atoms with E-state index in [-0.39, 0.29) is 17.0 Å². The van der Waals surface area contributed by atoms with E-state index in [4.69, 9.17) is 4.74 Å². The van der Waals surface area contributed by atoms with E-state index < -0.39 is 9.84 Å². The number of nitrogens with zero attached hydrogens (tertiary/aromatic N) is 3. The molecule has 7 nitrogen and oxygen atoms in total. The number of ether oxygens (including phenoxy) is 1. The van der Waals surface area contributed by atoms with Crippen molar-refractivity contribution in [1.82, 2.24) is 14.5 Å². The summed E-state index contributed by atoms with van der Waals surface area (Å²) in [6.07, 6.45) is 4.71. The maximum atomic E-state index is 13.0. The monoisotopic (exact) mass is 459 g/mol. The fraction of sp³-hybridized carbons (Fsp3) is 0.160. The zero-order valence-corrected chi connectivity index (χ0v) is 19.0. The van der Waals surface area contributed by atoms with Gasteiger partial charge in [0.1, 0.15) is 11.4 Å². The van der Waals surface area contributed by atoms with Crippen molar-refractivity contribution in [3.63, 3.8) is 0 Å². The molecule has 0 atom stereocenters. The second kappa shape index (κ2) is 9.27. The Morgan fingerprint density at radius 1 is 1.00 bits per heavy atom. The molecule has 4 rings (SSSR count). The van der Waals surface area contributed by atoms with Gasteiger partial charge in [-0.05, 0) is 47.4 Å². The third kappa shape index (κ3) is 5.27. The van der Waals surface area contributed by atoms with Crippen LogP contribution in [0.25, 0.3) is 10.9 Å². The molecule has 166 valence electrons. The standard InChI is InChI=1S/C25H21N3O4S/c1-32-21-10-6-18(7-11-21)4-3-5-20-14-23-24(15-26-20)27-17-28(25(23)29)16-19-8-12-22(13-9-19)33(2,30)31/h6-15,17H,4,16H2,1-2H3. The minimum absolute atomic E-state index is 0.215. The largest absolute Gasteiger partial charge is 0.497 e. The normalized spacial score (nSPS) is 11.1. The molecule has 0 radical (unpaired) electrons. The van der Waals surface area contributed by atoms with Crippen LogP contribution in [0, 0.1) is 11.8 Å². The number of hydrogen-bond acceptors (Lipinski definition) is 6. The second-order valence-electron chi connectivity index (χ2n) is 7.51. The van der Waals surface area contributed by atoms with Crippen LogP contribution in [0.4, 0.5) is 0 Å². The van der Waals surface area contributed by atoms with E-state index in [0.717, 1.165) is 23.1 Å². The van der Waals surface area contributed by atoms with Crippen molar-refractivity contribution in [2.24, 2.45) is 0 Å². The first-order chi connectivity index (χ1) is 15.8. The summed E-state index contributed by atoms with van der Waals surface area (Å²) >= 11 is 0. The SMILES string of the molecule is COc1ccc(CC#Cc2cc3c(=O)n(Cc4ccc(S(C)(=O)=O)cc4)cnc3cn2)cc1. The van der Waals surface area contributed by atoms with Gasteiger partial charge in [-0.25, -0.2) is 18.4 Å². The highest BCUT2D eigenvalue weighted by molar-refractivity contribution is 7.90. The van der Waals surface area contributed by atoms with Gasteiger partial charge < -0.3 is 4.74 Å².